The number of hydrogen-bond donors (Lipinski definition) is 2. The molecule has 0 unspecified atom stereocenters. The van der Waals surface area contributed by atoms with Crippen molar-refractivity contribution in [1.82, 2.24) is 10.6 Å². The van der Waals surface area contributed by atoms with Crippen LogP contribution in [0.3, 0.4) is 0 Å². The van der Waals surface area contributed by atoms with Gasteiger partial charge in [-0.2, -0.15) is 0 Å². The van der Waals surface area contributed by atoms with Crippen LogP contribution in [0.25, 0.3) is 0 Å². The van der Waals surface area contributed by atoms with Crippen LogP contribution >= 0.6 is 11.6 Å². The Morgan fingerprint density at radius 3 is 2.80 bits per heavy atom. The molecule has 1 rings (SSSR count). The quantitative estimate of drug-likeness (QED) is 0.727. The molecular weight excluding hydrogens is 212 g/mol. The summed E-state index contributed by atoms with van der Waals surface area (Å²) in [6, 6.07) is 5.64. The number of methoxy groups -OCH3 is 1. The van der Waals surface area contributed by atoms with Crippen LogP contribution in [-0.2, 0) is 6.54 Å². The van der Waals surface area contributed by atoms with Crippen LogP contribution in [0.1, 0.15) is 5.56 Å². The van der Waals surface area contributed by atoms with E-state index in [1.165, 1.54) is 0 Å². The van der Waals surface area contributed by atoms with Crippen molar-refractivity contribution in [2.24, 2.45) is 0 Å². The molecule has 0 saturated carbocycles. The fraction of sp³-hybridized carbons (Fsp3) is 0.455. The minimum absolute atomic E-state index is 0.737. The Kier molecular flexibility index (Phi) is 5.47. The highest BCUT2D eigenvalue weighted by molar-refractivity contribution is 6.30. The van der Waals surface area contributed by atoms with Crippen LogP contribution < -0.4 is 15.4 Å². The first-order chi connectivity index (χ1) is 7.27. The lowest BCUT2D eigenvalue weighted by molar-refractivity contribution is 0.407. The fourth-order valence-corrected chi connectivity index (χ4v) is 1.52. The summed E-state index contributed by atoms with van der Waals surface area (Å²) >= 11 is 5.92. The molecular formula is C11H17ClN2O. The highest BCUT2D eigenvalue weighted by atomic mass is 35.5. The van der Waals surface area contributed by atoms with Gasteiger partial charge >= 0.3 is 0 Å². The van der Waals surface area contributed by atoms with Gasteiger partial charge in [0.25, 0.3) is 0 Å². The molecule has 2 N–H and O–H groups in total. The Balaban J connectivity index is 2.54. The molecule has 0 aliphatic carbocycles. The zero-order valence-electron chi connectivity index (χ0n) is 9.14. The Hall–Kier alpha value is -0.770. The molecule has 0 aromatic heterocycles. The van der Waals surface area contributed by atoms with Crippen molar-refractivity contribution in [2.75, 3.05) is 27.2 Å². The maximum absolute atomic E-state index is 5.92. The highest BCUT2D eigenvalue weighted by Gasteiger charge is 2.02. The Bertz CT molecular complexity index is 305. The molecule has 0 amide bonds. The van der Waals surface area contributed by atoms with E-state index in [4.69, 9.17) is 16.3 Å². The van der Waals surface area contributed by atoms with E-state index in [0.717, 1.165) is 36.0 Å². The van der Waals surface area contributed by atoms with Gasteiger partial charge in [0.15, 0.2) is 0 Å². The third-order valence-corrected chi connectivity index (χ3v) is 2.34. The molecule has 4 heteroatoms. The molecule has 84 valence electrons. The molecule has 1 aromatic rings. The lowest BCUT2D eigenvalue weighted by Crippen LogP contribution is -2.24. The summed E-state index contributed by atoms with van der Waals surface area (Å²) in [5.41, 5.74) is 1.08. The van der Waals surface area contributed by atoms with Gasteiger partial charge in [0.2, 0.25) is 0 Å². The molecule has 3 nitrogen and oxygen atoms in total. The molecule has 15 heavy (non-hydrogen) atoms. The van der Waals surface area contributed by atoms with E-state index in [1.807, 2.05) is 25.2 Å². The van der Waals surface area contributed by atoms with Crippen molar-refractivity contribution in [3.8, 4) is 5.75 Å². The maximum atomic E-state index is 5.92. The second-order valence-electron chi connectivity index (χ2n) is 3.24. The molecule has 0 bridgehead atoms. The van der Waals surface area contributed by atoms with E-state index in [0.29, 0.717) is 0 Å². The van der Waals surface area contributed by atoms with Gasteiger partial charge in [-0.3, -0.25) is 0 Å². The minimum atomic E-state index is 0.737. The van der Waals surface area contributed by atoms with E-state index < -0.39 is 0 Å². The van der Waals surface area contributed by atoms with Gasteiger partial charge < -0.3 is 15.4 Å². The Morgan fingerprint density at radius 2 is 2.13 bits per heavy atom. The van der Waals surface area contributed by atoms with Crippen molar-refractivity contribution >= 4 is 11.6 Å². The average Bonchev–Trinajstić information content (AvgIpc) is 2.25. The van der Waals surface area contributed by atoms with Crippen molar-refractivity contribution in [3.05, 3.63) is 28.8 Å². The molecule has 0 atom stereocenters. The second kappa shape index (κ2) is 6.67. The first-order valence-electron chi connectivity index (χ1n) is 4.95. The Labute approximate surface area is 95.8 Å². The van der Waals surface area contributed by atoms with Crippen molar-refractivity contribution in [1.29, 1.82) is 0 Å². The third-order valence-electron chi connectivity index (χ3n) is 2.11. The number of rotatable bonds is 6. The van der Waals surface area contributed by atoms with Gasteiger partial charge in [-0.15, -0.1) is 0 Å². The summed E-state index contributed by atoms with van der Waals surface area (Å²) in [7, 11) is 3.60. The van der Waals surface area contributed by atoms with Crippen molar-refractivity contribution in [3.63, 3.8) is 0 Å². The Morgan fingerprint density at radius 1 is 1.33 bits per heavy atom. The van der Waals surface area contributed by atoms with Gasteiger partial charge in [-0.05, 0) is 25.2 Å². The normalized spacial score (nSPS) is 10.3. The molecule has 0 radical (unpaired) electrons. The summed E-state index contributed by atoms with van der Waals surface area (Å²) in [6.07, 6.45) is 0. The average molecular weight is 229 g/mol. The van der Waals surface area contributed by atoms with E-state index >= 15 is 0 Å². The van der Waals surface area contributed by atoms with E-state index in [1.54, 1.807) is 7.11 Å². The van der Waals surface area contributed by atoms with Gasteiger partial charge in [-0.25, -0.2) is 0 Å². The summed E-state index contributed by atoms with van der Waals surface area (Å²) in [6.45, 7) is 2.64. The molecule has 0 spiro atoms. The van der Waals surface area contributed by atoms with E-state index in [9.17, 15) is 0 Å². The zero-order chi connectivity index (χ0) is 11.1. The minimum Gasteiger partial charge on any atom is -0.496 e. The van der Waals surface area contributed by atoms with Crippen LogP contribution in [0.4, 0.5) is 0 Å². The first kappa shape index (κ1) is 12.3. The smallest absolute Gasteiger partial charge is 0.123 e. The van der Waals surface area contributed by atoms with Crippen LogP contribution in [0.15, 0.2) is 18.2 Å². The standard InChI is InChI=1S/C11H17ClN2O/c1-13-5-6-14-8-9-7-10(12)3-4-11(9)15-2/h3-4,7,13-14H,5-6,8H2,1-2H3. The molecule has 0 fully saturated rings. The van der Waals surface area contributed by atoms with Crippen molar-refractivity contribution in [2.45, 2.75) is 6.54 Å². The maximum Gasteiger partial charge on any atom is 0.123 e. The van der Waals surface area contributed by atoms with Crippen LogP contribution in [0.5, 0.6) is 5.75 Å². The predicted molar refractivity (Wildman–Crippen MR) is 63.6 cm³/mol. The lowest BCUT2D eigenvalue weighted by atomic mass is 10.2. The zero-order valence-corrected chi connectivity index (χ0v) is 9.90. The third kappa shape index (κ3) is 4.08. The van der Waals surface area contributed by atoms with Gasteiger partial charge in [-0.1, -0.05) is 11.6 Å². The second-order valence-corrected chi connectivity index (χ2v) is 3.67. The largest absolute Gasteiger partial charge is 0.496 e. The molecule has 0 aliphatic rings. The van der Waals surface area contributed by atoms with Gasteiger partial charge in [0.05, 0.1) is 7.11 Å². The fourth-order valence-electron chi connectivity index (χ4n) is 1.32. The van der Waals surface area contributed by atoms with Gasteiger partial charge in [0, 0.05) is 30.2 Å². The predicted octanol–water partition coefficient (Wildman–Crippen LogP) is 1.66. The summed E-state index contributed by atoms with van der Waals surface area (Å²) in [5.74, 6) is 0.872. The van der Waals surface area contributed by atoms with Crippen molar-refractivity contribution < 1.29 is 4.74 Å². The molecule has 1 aromatic carbocycles. The summed E-state index contributed by atoms with van der Waals surface area (Å²) < 4.78 is 5.24. The first-order valence-corrected chi connectivity index (χ1v) is 5.33. The number of nitrogens with one attached hydrogen (secondary N) is 2. The SMILES string of the molecule is CNCCNCc1cc(Cl)ccc1OC. The topological polar surface area (TPSA) is 33.3 Å². The number of hydrogen-bond acceptors (Lipinski definition) is 3. The number of halogens is 1. The van der Waals surface area contributed by atoms with Crippen LogP contribution in [0.2, 0.25) is 5.02 Å². The lowest BCUT2D eigenvalue weighted by Gasteiger charge is -2.09. The summed E-state index contributed by atoms with van der Waals surface area (Å²) in [4.78, 5) is 0. The number of benzene rings is 1. The highest BCUT2D eigenvalue weighted by Crippen LogP contribution is 2.22. The number of likely N-dealkylation sites (N-methyl/N-ethyl adjacent to an activating group) is 1. The molecule has 0 aliphatic heterocycles. The molecule has 0 saturated heterocycles. The van der Waals surface area contributed by atoms with Gasteiger partial charge in [0.1, 0.15) is 5.75 Å². The van der Waals surface area contributed by atoms with E-state index in [2.05, 4.69) is 10.6 Å². The monoisotopic (exact) mass is 228 g/mol. The number of ether oxygens (including phenoxy) is 1. The van der Waals surface area contributed by atoms with Crippen LogP contribution in [0, 0.1) is 0 Å². The summed E-state index contributed by atoms with van der Waals surface area (Å²) in [5, 5.41) is 7.11. The molecule has 0 heterocycles. The van der Waals surface area contributed by atoms with E-state index in [-0.39, 0.29) is 0 Å². The van der Waals surface area contributed by atoms with Crippen LogP contribution in [-0.4, -0.2) is 27.2 Å².